The van der Waals surface area contributed by atoms with Gasteiger partial charge >= 0.3 is 0 Å². The lowest BCUT2D eigenvalue weighted by atomic mass is 9.75. The van der Waals surface area contributed by atoms with Crippen molar-refractivity contribution < 1.29 is 4.79 Å². The fourth-order valence-corrected chi connectivity index (χ4v) is 6.13. The first-order valence-electron chi connectivity index (χ1n) is 11.8. The Kier molecular flexibility index (Phi) is 5.29. The number of pyridine rings is 1. The third-order valence-electron chi connectivity index (χ3n) is 7.61. The van der Waals surface area contributed by atoms with Crippen LogP contribution in [0.2, 0.25) is 5.02 Å². The average molecular weight is 506 g/mol. The number of nitriles is 1. The number of thiocarbonyl (C=S) groups is 1. The van der Waals surface area contributed by atoms with Crippen molar-refractivity contribution in [3.05, 3.63) is 47.4 Å². The molecule has 0 radical (unpaired) electrons. The third kappa shape index (κ3) is 3.43. The van der Waals surface area contributed by atoms with Crippen LogP contribution in [0, 0.1) is 11.3 Å². The Labute approximate surface area is 213 Å². The number of anilines is 2. The number of nitrogens with zero attached hydrogens (tertiary/aromatic N) is 7. The van der Waals surface area contributed by atoms with Crippen LogP contribution in [0.25, 0.3) is 10.9 Å². The van der Waals surface area contributed by atoms with Gasteiger partial charge in [-0.1, -0.05) is 11.6 Å². The van der Waals surface area contributed by atoms with Gasteiger partial charge in [0.15, 0.2) is 10.8 Å². The molecular weight excluding hydrogens is 482 g/mol. The summed E-state index contributed by atoms with van der Waals surface area (Å²) in [5.41, 5.74) is 1.72. The van der Waals surface area contributed by atoms with Crippen molar-refractivity contribution in [3.63, 3.8) is 0 Å². The van der Waals surface area contributed by atoms with Crippen LogP contribution in [-0.2, 0) is 4.79 Å². The Morgan fingerprint density at radius 1 is 1.20 bits per heavy atom. The molecule has 35 heavy (non-hydrogen) atoms. The van der Waals surface area contributed by atoms with Crippen molar-refractivity contribution in [1.29, 1.82) is 5.26 Å². The first kappa shape index (κ1) is 22.4. The minimum atomic E-state index is -0.699. The van der Waals surface area contributed by atoms with E-state index in [0.29, 0.717) is 16.8 Å². The molecule has 3 fully saturated rings. The number of benzene rings is 1. The predicted octanol–water partition coefficient (Wildman–Crippen LogP) is 4.28. The third-order valence-corrected chi connectivity index (χ3v) is 8.26. The summed E-state index contributed by atoms with van der Waals surface area (Å²) >= 11 is 12.1. The van der Waals surface area contributed by atoms with Crippen molar-refractivity contribution in [2.75, 3.05) is 29.9 Å². The maximum absolute atomic E-state index is 13.7. The van der Waals surface area contributed by atoms with Gasteiger partial charge in [0, 0.05) is 17.3 Å². The maximum Gasteiger partial charge on any atom is 0.259 e. The van der Waals surface area contributed by atoms with Crippen LogP contribution in [-0.4, -0.2) is 56.4 Å². The fourth-order valence-electron chi connectivity index (χ4n) is 5.46. The van der Waals surface area contributed by atoms with Gasteiger partial charge in [-0.05, 0) is 88.7 Å². The van der Waals surface area contributed by atoms with E-state index in [1.165, 1.54) is 11.1 Å². The van der Waals surface area contributed by atoms with Gasteiger partial charge in [-0.25, -0.2) is 4.98 Å². The lowest BCUT2D eigenvalue weighted by molar-refractivity contribution is -0.123. The van der Waals surface area contributed by atoms with Crippen molar-refractivity contribution in [2.45, 2.75) is 43.7 Å². The summed E-state index contributed by atoms with van der Waals surface area (Å²) < 4.78 is 2.10. The SMILES string of the molecule is CN1CCC(n2cc3cc(N4C(=S)N(c5cnc(C#N)c(Cl)c5)C(=O)C45CCC5)ccc3n2)CC1. The smallest absolute Gasteiger partial charge is 0.259 e. The second kappa shape index (κ2) is 8.26. The Bertz CT molecular complexity index is 1400. The molecule has 6 rings (SSSR count). The molecule has 2 aliphatic heterocycles. The Morgan fingerprint density at radius 2 is 1.97 bits per heavy atom. The highest BCUT2D eigenvalue weighted by Crippen LogP contribution is 2.48. The first-order valence-corrected chi connectivity index (χ1v) is 12.6. The van der Waals surface area contributed by atoms with Crippen LogP contribution in [0.5, 0.6) is 0 Å². The number of aromatic nitrogens is 3. The molecule has 8 nitrogen and oxygen atoms in total. The summed E-state index contributed by atoms with van der Waals surface area (Å²) in [6.07, 6.45) is 8.19. The molecule has 3 aliphatic rings. The van der Waals surface area contributed by atoms with Crippen LogP contribution in [0.4, 0.5) is 11.4 Å². The zero-order valence-electron chi connectivity index (χ0n) is 19.3. The van der Waals surface area contributed by atoms with E-state index in [9.17, 15) is 4.79 Å². The first-order chi connectivity index (χ1) is 16.9. The summed E-state index contributed by atoms with van der Waals surface area (Å²) in [4.78, 5) is 23.7. The number of hydrogen-bond acceptors (Lipinski definition) is 6. The number of halogens is 1. The van der Waals surface area contributed by atoms with Crippen LogP contribution >= 0.6 is 23.8 Å². The van der Waals surface area contributed by atoms with E-state index in [-0.39, 0.29) is 16.6 Å². The molecule has 4 heterocycles. The number of amides is 1. The minimum Gasteiger partial charge on any atom is -0.306 e. The molecule has 0 N–H and O–H groups in total. The van der Waals surface area contributed by atoms with Gasteiger partial charge in [-0.3, -0.25) is 14.4 Å². The van der Waals surface area contributed by atoms with Gasteiger partial charge in [0.2, 0.25) is 0 Å². The molecule has 1 amide bonds. The average Bonchev–Trinajstić information content (AvgIpc) is 3.35. The van der Waals surface area contributed by atoms with Gasteiger partial charge in [0.1, 0.15) is 11.6 Å². The standard InChI is InChI=1S/C25H24ClN7OS/c1-30-9-5-17(6-10-30)31-15-16-11-18(3-4-21(16)29-31)33-24(35)32(23(34)25(33)7-2-8-25)19-12-20(26)22(13-27)28-14-19/h3-4,11-12,14-15,17H,2,5-10H2,1H3. The molecule has 10 heteroatoms. The summed E-state index contributed by atoms with van der Waals surface area (Å²) in [7, 11) is 2.16. The van der Waals surface area contributed by atoms with Gasteiger partial charge in [0.25, 0.3) is 5.91 Å². The Hall–Kier alpha value is -3.06. The zero-order valence-corrected chi connectivity index (χ0v) is 20.9. The van der Waals surface area contributed by atoms with Gasteiger partial charge < -0.3 is 9.80 Å². The van der Waals surface area contributed by atoms with Gasteiger partial charge in [-0.2, -0.15) is 10.4 Å². The van der Waals surface area contributed by atoms with Crippen molar-refractivity contribution in [3.8, 4) is 6.07 Å². The second-order valence-electron chi connectivity index (χ2n) is 9.67. The highest BCUT2D eigenvalue weighted by atomic mass is 35.5. The Morgan fingerprint density at radius 3 is 2.63 bits per heavy atom. The number of carbonyl (C=O) groups is 1. The highest BCUT2D eigenvalue weighted by molar-refractivity contribution is 7.81. The monoisotopic (exact) mass is 505 g/mol. The number of carbonyl (C=O) groups excluding carboxylic acids is 1. The van der Waals surface area contributed by atoms with Crippen LogP contribution in [0.1, 0.15) is 43.8 Å². The van der Waals surface area contributed by atoms with Crippen LogP contribution < -0.4 is 9.80 Å². The molecule has 2 aromatic heterocycles. The van der Waals surface area contributed by atoms with E-state index < -0.39 is 5.54 Å². The van der Waals surface area contributed by atoms with Crippen molar-refractivity contribution >= 4 is 57.1 Å². The lowest BCUT2D eigenvalue weighted by Gasteiger charge is -2.43. The molecule has 178 valence electrons. The molecule has 2 saturated heterocycles. The molecule has 0 bridgehead atoms. The van der Waals surface area contributed by atoms with E-state index in [1.54, 1.807) is 6.07 Å². The Balaban J connectivity index is 1.36. The second-order valence-corrected chi connectivity index (χ2v) is 10.4. The highest BCUT2D eigenvalue weighted by Gasteiger charge is 2.59. The molecule has 1 saturated carbocycles. The number of likely N-dealkylation sites (tertiary alicyclic amines) is 1. The number of piperidine rings is 1. The molecule has 1 aromatic carbocycles. The molecular formula is C25H24ClN7OS. The van der Waals surface area contributed by atoms with E-state index >= 15 is 0 Å². The predicted molar refractivity (Wildman–Crippen MR) is 139 cm³/mol. The van der Waals surface area contributed by atoms with E-state index in [4.69, 9.17) is 34.2 Å². The number of fused-ring (bicyclic) bond motifs is 1. The van der Waals surface area contributed by atoms with Crippen LogP contribution in [0.15, 0.2) is 36.7 Å². The fraction of sp³-hybridized carbons (Fsp3) is 0.400. The normalized spacial score (nSPS) is 20.6. The summed E-state index contributed by atoms with van der Waals surface area (Å²) in [6.45, 7) is 2.14. The topological polar surface area (TPSA) is 81.3 Å². The summed E-state index contributed by atoms with van der Waals surface area (Å²) in [5, 5.41) is 15.6. The number of hydrogen-bond donors (Lipinski definition) is 0. The largest absolute Gasteiger partial charge is 0.306 e. The van der Waals surface area contributed by atoms with Crippen molar-refractivity contribution in [2.24, 2.45) is 0 Å². The molecule has 3 aromatic rings. The quantitative estimate of drug-likeness (QED) is 0.491. The summed E-state index contributed by atoms with van der Waals surface area (Å²) in [6, 6.07) is 10.0. The molecule has 1 aliphatic carbocycles. The van der Waals surface area contributed by atoms with E-state index in [1.807, 2.05) is 23.1 Å². The van der Waals surface area contributed by atoms with E-state index in [2.05, 4.69) is 33.9 Å². The minimum absolute atomic E-state index is 0.0709. The lowest BCUT2D eigenvalue weighted by Crippen LogP contribution is -2.55. The van der Waals surface area contributed by atoms with Crippen LogP contribution in [0.3, 0.4) is 0 Å². The molecule has 1 spiro atoms. The number of rotatable bonds is 3. The van der Waals surface area contributed by atoms with Crippen molar-refractivity contribution in [1.82, 2.24) is 19.7 Å². The summed E-state index contributed by atoms with van der Waals surface area (Å²) in [5.74, 6) is -0.0709. The zero-order chi connectivity index (χ0) is 24.3. The molecule has 0 atom stereocenters. The molecule has 0 unspecified atom stereocenters. The van der Waals surface area contributed by atoms with E-state index in [0.717, 1.165) is 61.8 Å². The maximum atomic E-state index is 13.7. The van der Waals surface area contributed by atoms with Gasteiger partial charge in [-0.15, -0.1) is 0 Å². The van der Waals surface area contributed by atoms with Gasteiger partial charge in [0.05, 0.1) is 28.5 Å².